The minimum absolute atomic E-state index is 0.148. The highest BCUT2D eigenvalue weighted by Gasteiger charge is 2.22. The number of hydrogen-bond donors (Lipinski definition) is 0. The number of aliphatic carboxylic acids is 1. The van der Waals surface area contributed by atoms with Crippen molar-refractivity contribution in [3.8, 4) is 0 Å². The Morgan fingerprint density at radius 2 is 0.687 bits per heavy atom. The standard InChI is InChI=1S/C74H133NO8/c1-6-8-10-12-14-16-18-20-22-24-26-28-30-32-34-36-38-40-42-44-46-48-50-52-54-56-58-60-62-64-71(76)81-68-70(69-82-74(73(78)79)80-67-66-75(3,4)5)83-72(77)65-63-61-59-57-55-53-51-49-47-45-43-41-39-37-35-33-31-29-27-25-23-21-19-17-15-13-11-9-7-2/h9,11,15,17-18,20-21,23-24,26-27,29,70,74H,6-8,10,12-14,16,19,22,25,28,30-69H2,1-5H3/b11-9-,17-15-,20-18-,23-21-,26-24-,29-27-. The van der Waals surface area contributed by atoms with Gasteiger partial charge in [-0.15, -0.1) is 0 Å². The summed E-state index contributed by atoms with van der Waals surface area (Å²) in [5.41, 5.74) is 0. The molecule has 0 aromatic heterocycles. The minimum Gasteiger partial charge on any atom is -0.545 e. The van der Waals surface area contributed by atoms with Crippen molar-refractivity contribution in [3.05, 3.63) is 72.9 Å². The molecule has 0 heterocycles. The van der Waals surface area contributed by atoms with Gasteiger partial charge in [0, 0.05) is 12.8 Å². The summed E-state index contributed by atoms with van der Waals surface area (Å²) in [5, 5.41) is 11.8. The van der Waals surface area contributed by atoms with Crippen molar-refractivity contribution in [2.75, 3.05) is 47.5 Å². The van der Waals surface area contributed by atoms with Gasteiger partial charge in [-0.1, -0.05) is 299 Å². The zero-order valence-corrected chi connectivity index (χ0v) is 55.1. The van der Waals surface area contributed by atoms with Gasteiger partial charge >= 0.3 is 11.9 Å². The zero-order valence-electron chi connectivity index (χ0n) is 55.1. The van der Waals surface area contributed by atoms with Crippen LogP contribution in [0.4, 0.5) is 0 Å². The monoisotopic (exact) mass is 1160 g/mol. The number of ether oxygens (including phenoxy) is 4. The number of esters is 2. The van der Waals surface area contributed by atoms with E-state index in [1.807, 2.05) is 21.1 Å². The fraction of sp³-hybridized carbons (Fsp3) is 0.797. The summed E-state index contributed by atoms with van der Waals surface area (Å²) in [6.45, 7) is 4.67. The van der Waals surface area contributed by atoms with Crippen LogP contribution in [-0.4, -0.2) is 82.3 Å². The molecule has 0 aromatic carbocycles. The summed E-state index contributed by atoms with van der Waals surface area (Å²) in [4.78, 5) is 37.5. The van der Waals surface area contributed by atoms with Crippen molar-refractivity contribution in [1.82, 2.24) is 0 Å². The number of carbonyl (C=O) groups excluding carboxylic acids is 3. The maximum Gasteiger partial charge on any atom is 0.306 e. The second kappa shape index (κ2) is 64.7. The first-order chi connectivity index (χ1) is 40.6. The van der Waals surface area contributed by atoms with Crippen LogP contribution in [0.1, 0.15) is 322 Å². The van der Waals surface area contributed by atoms with Crippen molar-refractivity contribution < 1.29 is 42.9 Å². The van der Waals surface area contributed by atoms with Crippen molar-refractivity contribution in [2.45, 2.75) is 334 Å². The maximum atomic E-state index is 12.9. The smallest absolute Gasteiger partial charge is 0.306 e. The Morgan fingerprint density at radius 1 is 0.373 bits per heavy atom. The van der Waals surface area contributed by atoms with Crippen LogP contribution in [0.2, 0.25) is 0 Å². The largest absolute Gasteiger partial charge is 0.545 e. The lowest BCUT2D eigenvalue weighted by Gasteiger charge is -2.26. The topological polar surface area (TPSA) is 111 Å². The third kappa shape index (κ3) is 66.1. The van der Waals surface area contributed by atoms with E-state index in [-0.39, 0.29) is 32.2 Å². The van der Waals surface area contributed by atoms with Gasteiger partial charge in [-0.25, -0.2) is 0 Å². The van der Waals surface area contributed by atoms with E-state index >= 15 is 0 Å². The molecule has 0 radical (unpaired) electrons. The predicted octanol–water partition coefficient (Wildman–Crippen LogP) is 20.4. The first kappa shape index (κ1) is 79.7. The SMILES string of the molecule is CC/C=C\C/C=C\C/C=C\C/C=C\CCCCCCCCCCCCCCCCCCC(=O)OC(COC(=O)CCCCCCCCCCCCCCCCCCC/C=C\C/C=C\CCCCCCC)COC(OCC[N+](C)(C)C)C(=O)[O-]. The van der Waals surface area contributed by atoms with Crippen LogP contribution in [0.15, 0.2) is 72.9 Å². The van der Waals surface area contributed by atoms with Crippen molar-refractivity contribution >= 4 is 17.9 Å². The van der Waals surface area contributed by atoms with Crippen LogP contribution in [-0.2, 0) is 33.3 Å². The summed E-state index contributed by atoms with van der Waals surface area (Å²) in [6, 6.07) is 0. The highest BCUT2D eigenvalue weighted by Crippen LogP contribution is 2.18. The number of likely N-dealkylation sites (N-methyl/N-ethyl adjacent to an activating group) is 1. The van der Waals surface area contributed by atoms with Crippen LogP contribution >= 0.6 is 0 Å². The van der Waals surface area contributed by atoms with E-state index in [1.165, 1.54) is 225 Å². The molecular formula is C74H133NO8. The number of allylic oxidation sites excluding steroid dienone is 12. The lowest BCUT2D eigenvalue weighted by atomic mass is 10.0. The Hall–Kier alpha value is -3.27. The van der Waals surface area contributed by atoms with Crippen LogP contribution in [0.5, 0.6) is 0 Å². The molecule has 2 atom stereocenters. The van der Waals surface area contributed by atoms with Gasteiger partial charge < -0.3 is 33.3 Å². The first-order valence-electron chi connectivity index (χ1n) is 35.1. The molecule has 0 aliphatic carbocycles. The van der Waals surface area contributed by atoms with Crippen LogP contribution in [0.25, 0.3) is 0 Å². The molecule has 0 amide bonds. The highest BCUT2D eigenvalue weighted by atomic mass is 16.7. The van der Waals surface area contributed by atoms with E-state index in [0.29, 0.717) is 23.9 Å². The van der Waals surface area contributed by atoms with Crippen LogP contribution in [0, 0.1) is 0 Å². The zero-order chi connectivity index (χ0) is 60.5. The Labute approximate surface area is 513 Å². The summed E-state index contributed by atoms with van der Waals surface area (Å²) in [7, 11) is 5.94. The molecule has 9 heteroatoms. The van der Waals surface area contributed by atoms with Crippen LogP contribution < -0.4 is 5.11 Å². The lowest BCUT2D eigenvalue weighted by Crippen LogP contribution is -2.44. The molecule has 0 rings (SSSR count). The fourth-order valence-corrected chi connectivity index (χ4v) is 10.1. The highest BCUT2D eigenvalue weighted by molar-refractivity contribution is 5.70. The fourth-order valence-electron chi connectivity index (χ4n) is 10.1. The van der Waals surface area contributed by atoms with Gasteiger partial charge in [0.1, 0.15) is 13.2 Å². The maximum absolute atomic E-state index is 12.9. The average Bonchev–Trinajstić information content (AvgIpc) is 3.46. The Kier molecular flexibility index (Phi) is 62.2. The Balaban J connectivity index is 4.09. The molecule has 0 fully saturated rings. The second-order valence-corrected chi connectivity index (χ2v) is 24.8. The quantitative estimate of drug-likeness (QED) is 0.0195. The third-order valence-electron chi connectivity index (χ3n) is 15.4. The predicted molar refractivity (Wildman–Crippen MR) is 352 cm³/mol. The third-order valence-corrected chi connectivity index (χ3v) is 15.4. The summed E-state index contributed by atoms with van der Waals surface area (Å²) < 4.78 is 22.8. The number of nitrogens with zero attached hydrogens (tertiary/aromatic N) is 1. The van der Waals surface area contributed by atoms with Crippen molar-refractivity contribution in [2.24, 2.45) is 0 Å². The number of quaternary nitrogens is 1. The number of hydrogen-bond acceptors (Lipinski definition) is 8. The lowest BCUT2D eigenvalue weighted by molar-refractivity contribution is -0.870. The van der Waals surface area contributed by atoms with E-state index in [4.69, 9.17) is 18.9 Å². The molecule has 0 N–H and O–H groups in total. The number of carboxylic acid groups (broad SMARTS) is 1. The number of carbonyl (C=O) groups is 3. The molecule has 0 bridgehead atoms. The van der Waals surface area contributed by atoms with E-state index in [2.05, 4.69) is 86.8 Å². The number of rotatable bonds is 65. The van der Waals surface area contributed by atoms with Gasteiger partial charge in [-0.05, 0) is 83.5 Å². The van der Waals surface area contributed by atoms with Crippen molar-refractivity contribution in [1.29, 1.82) is 0 Å². The summed E-state index contributed by atoms with van der Waals surface area (Å²) in [5.74, 6) is -2.27. The van der Waals surface area contributed by atoms with Gasteiger partial charge in [-0.3, -0.25) is 9.59 Å². The summed E-state index contributed by atoms with van der Waals surface area (Å²) >= 11 is 0. The molecule has 9 nitrogen and oxygen atoms in total. The van der Waals surface area contributed by atoms with E-state index in [9.17, 15) is 19.5 Å². The molecule has 2 unspecified atom stereocenters. The molecule has 0 saturated heterocycles. The van der Waals surface area contributed by atoms with E-state index in [1.54, 1.807) is 0 Å². The number of carboxylic acids is 1. The minimum atomic E-state index is -1.62. The second-order valence-electron chi connectivity index (χ2n) is 24.8. The Morgan fingerprint density at radius 3 is 1.02 bits per heavy atom. The van der Waals surface area contributed by atoms with Gasteiger partial charge in [0.15, 0.2) is 12.4 Å². The Bertz CT molecular complexity index is 1590. The van der Waals surface area contributed by atoms with Crippen molar-refractivity contribution in [3.63, 3.8) is 0 Å². The molecule has 0 aromatic rings. The molecule has 0 aliphatic heterocycles. The van der Waals surface area contributed by atoms with Gasteiger partial charge in [0.05, 0.1) is 40.3 Å². The molecular weight excluding hydrogens is 1030 g/mol. The van der Waals surface area contributed by atoms with Gasteiger partial charge in [0.25, 0.3) is 0 Å². The van der Waals surface area contributed by atoms with E-state index < -0.39 is 24.3 Å². The summed E-state index contributed by atoms with van der Waals surface area (Å²) in [6.07, 6.45) is 82.7. The van der Waals surface area contributed by atoms with Gasteiger partial charge in [-0.2, -0.15) is 0 Å². The first-order valence-corrected chi connectivity index (χ1v) is 35.1. The molecule has 83 heavy (non-hydrogen) atoms. The van der Waals surface area contributed by atoms with Crippen LogP contribution in [0.3, 0.4) is 0 Å². The normalized spacial score (nSPS) is 13.1. The molecule has 482 valence electrons. The molecule has 0 aliphatic rings. The molecule has 0 spiro atoms. The van der Waals surface area contributed by atoms with E-state index in [0.717, 1.165) is 64.2 Å². The average molecular weight is 1160 g/mol. The number of unbranched alkanes of at least 4 members (excludes halogenated alkanes) is 38. The van der Waals surface area contributed by atoms with Gasteiger partial charge in [0.2, 0.25) is 0 Å². The molecule has 0 saturated carbocycles.